The Kier molecular flexibility index (Phi) is 3.56. The first-order chi connectivity index (χ1) is 7.75. The van der Waals surface area contributed by atoms with Crippen molar-refractivity contribution < 1.29 is 9.59 Å². The zero-order valence-corrected chi connectivity index (χ0v) is 9.68. The Hall–Kier alpha value is -1.36. The fourth-order valence-corrected chi connectivity index (χ4v) is 1.96. The van der Waals surface area contributed by atoms with E-state index in [0.717, 1.165) is 17.7 Å². The summed E-state index contributed by atoms with van der Waals surface area (Å²) in [6.45, 7) is 0.622. The molecular weight excluding hydrogens is 224 g/mol. The fraction of sp³-hybridized carbons (Fsp3) is 0.455. The highest BCUT2D eigenvalue weighted by atomic mass is 32.1. The topological polar surface area (TPSA) is 58.2 Å². The van der Waals surface area contributed by atoms with Gasteiger partial charge in [-0.2, -0.15) is 0 Å². The van der Waals surface area contributed by atoms with E-state index in [0.29, 0.717) is 6.54 Å². The molecule has 2 rings (SSSR count). The SMILES string of the molecule is O=C(CNC(=O)C1CC1)NCc1cccs1. The lowest BCUT2D eigenvalue weighted by Crippen LogP contribution is -2.37. The van der Waals surface area contributed by atoms with Gasteiger partial charge in [-0.1, -0.05) is 6.07 Å². The van der Waals surface area contributed by atoms with Crippen LogP contribution in [0.4, 0.5) is 0 Å². The van der Waals surface area contributed by atoms with Crippen LogP contribution in [0.25, 0.3) is 0 Å². The molecule has 0 aliphatic heterocycles. The minimum atomic E-state index is -0.137. The molecule has 86 valence electrons. The van der Waals surface area contributed by atoms with E-state index in [9.17, 15) is 9.59 Å². The van der Waals surface area contributed by atoms with Crippen LogP contribution < -0.4 is 10.6 Å². The van der Waals surface area contributed by atoms with Gasteiger partial charge in [0, 0.05) is 10.8 Å². The number of carbonyl (C=O) groups excluding carboxylic acids is 2. The van der Waals surface area contributed by atoms with E-state index >= 15 is 0 Å². The van der Waals surface area contributed by atoms with Crippen LogP contribution in [-0.4, -0.2) is 18.4 Å². The minimum Gasteiger partial charge on any atom is -0.350 e. The third kappa shape index (κ3) is 3.34. The first-order valence-corrected chi connectivity index (χ1v) is 6.20. The van der Waals surface area contributed by atoms with Crippen LogP contribution in [0.1, 0.15) is 17.7 Å². The van der Waals surface area contributed by atoms with Crippen LogP contribution in [0.5, 0.6) is 0 Å². The Morgan fingerprint density at radius 2 is 2.19 bits per heavy atom. The van der Waals surface area contributed by atoms with Crippen molar-refractivity contribution in [3.8, 4) is 0 Å². The molecule has 0 saturated heterocycles. The molecule has 1 aromatic heterocycles. The second-order valence-corrected chi connectivity index (χ2v) is 4.88. The predicted octanol–water partition coefficient (Wildman–Crippen LogP) is 0.890. The summed E-state index contributed by atoms with van der Waals surface area (Å²) in [4.78, 5) is 23.7. The third-order valence-electron chi connectivity index (χ3n) is 2.41. The van der Waals surface area contributed by atoms with Crippen molar-refractivity contribution in [2.24, 2.45) is 5.92 Å². The second kappa shape index (κ2) is 5.12. The van der Waals surface area contributed by atoms with Crippen molar-refractivity contribution in [2.45, 2.75) is 19.4 Å². The molecule has 1 aliphatic rings. The molecule has 1 aliphatic carbocycles. The largest absolute Gasteiger partial charge is 0.350 e. The zero-order chi connectivity index (χ0) is 11.4. The molecule has 0 radical (unpaired) electrons. The number of carbonyl (C=O) groups is 2. The Bertz CT molecular complexity index is 371. The van der Waals surface area contributed by atoms with E-state index < -0.39 is 0 Å². The van der Waals surface area contributed by atoms with Gasteiger partial charge in [0.1, 0.15) is 0 Å². The Labute approximate surface area is 98.0 Å². The molecular formula is C11H14N2O2S. The zero-order valence-electron chi connectivity index (χ0n) is 8.86. The molecule has 5 heteroatoms. The molecule has 2 amide bonds. The molecule has 0 unspecified atom stereocenters. The Balaban J connectivity index is 1.62. The van der Waals surface area contributed by atoms with Crippen molar-refractivity contribution >= 4 is 23.2 Å². The lowest BCUT2D eigenvalue weighted by Gasteiger charge is -2.05. The lowest BCUT2D eigenvalue weighted by atomic mass is 10.4. The first kappa shape index (κ1) is 11.1. The second-order valence-electron chi connectivity index (χ2n) is 3.85. The fourth-order valence-electron chi connectivity index (χ4n) is 1.32. The van der Waals surface area contributed by atoms with Crippen LogP contribution in [0.3, 0.4) is 0 Å². The molecule has 4 nitrogen and oxygen atoms in total. The first-order valence-electron chi connectivity index (χ1n) is 5.32. The van der Waals surface area contributed by atoms with Crippen molar-refractivity contribution in [3.05, 3.63) is 22.4 Å². The molecule has 1 aromatic rings. The highest BCUT2D eigenvalue weighted by molar-refractivity contribution is 7.09. The van der Waals surface area contributed by atoms with Gasteiger partial charge in [0.15, 0.2) is 0 Å². The van der Waals surface area contributed by atoms with Crippen molar-refractivity contribution in [1.29, 1.82) is 0 Å². The van der Waals surface area contributed by atoms with Gasteiger partial charge in [0.2, 0.25) is 11.8 Å². The van der Waals surface area contributed by atoms with E-state index in [1.54, 1.807) is 11.3 Å². The summed E-state index contributed by atoms with van der Waals surface area (Å²) in [6, 6.07) is 3.91. The minimum absolute atomic E-state index is 0.00581. The van der Waals surface area contributed by atoms with Gasteiger partial charge in [-0.15, -0.1) is 11.3 Å². The third-order valence-corrected chi connectivity index (χ3v) is 3.29. The molecule has 0 aromatic carbocycles. The van der Waals surface area contributed by atoms with E-state index in [1.165, 1.54) is 0 Å². The van der Waals surface area contributed by atoms with E-state index in [1.807, 2.05) is 17.5 Å². The standard InChI is InChI=1S/C11H14N2O2S/c14-10(7-13-11(15)8-3-4-8)12-6-9-2-1-5-16-9/h1-2,5,8H,3-4,6-7H2,(H,12,14)(H,13,15). The van der Waals surface area contributed by atoms with E-state index in [-0.39, 0.29) is 24.3 Å². The number of rotatable bonds is 5. The summed E-state index contributed by atoms with van der Waals surface area (Å²) < 4.78 is 0. The summed E-state index contributed by atoms with van der Waals surface area (Å²) in [6.07, 6.45) is 1.92. The van der Waals surface area contributed by atoms with Crippen LogP contribution >= 0.6 is 11.3 Å². The average Bonchev–Trinajstić information content (AvgIpc) is 3.01. The molecule has 0 atom stereocenters. The number of amides is 2. The smallest absolute Gasteiger partial charge is 0.239 e. The van der Waals surface area contributed by atoms with Gasteiger partial charge in [-0.3, -0.25) is 9.59 Å². The van der Waals surface area contributed by atoms with Crippen molar-refractivity contribution in [3.63, 3.8) is 0 Å². The van der Waals surface area contributed by atoms with Crippen molar-refractivity contribution in [2.75, 3.05) is 6.54 Å². The number of hydrogen-bond donors (Lipinski definition) is 2. The summed E-state index contributed by atoms with van der Waals surface area (Å²) >= 11 is 1.60. The van der Waals surface area contributed by atoms with Crippen LogP contribution in [0.15, 0.2) is 17.5 Å². The maximum atomic E-state index is 11.4. The maximum absolute atomic E-state index is 11.4. The highest BCUT2D eigenvalue weighted by Crippen LogP contribution is 2.28. The highest BCUT2D eigenvalue weighted by Gasteiger charge is 2.29. The number of thiophene rings is 1. The molecule has 0 spiro atoms. The number of nitrogens with one attached hydrogen (secondary N) is 2. The Morgan fingerprint density at radius 3 is 2.81 bits per heavy atom. The van der Waals surface area contributed by atoms with Crippen LogP contribution in [0, 0.1) is 5.92 Å². The molecule has 0 bridgehead atoms. The van der Waals surface area contributed by atoms with Crippen LogP contribution in [0.2, 0.25) is 0 Å². The quantitative estimate of drug-likeness (QED) is 0.800. The van der Waals surface area contributed by atoms with Gasteiger partial charge >= 0.3 is 0 Å². The Morgan fingerprint density at radius 1 is 1.38 bits per heavy atom. The summed E-state index contributed by atoms with van der Waals surface area (Å²) in [5.74, 6) is 0.0266. The van der Waals surface area contributed by atoms with Gasteiger partial charge in [0.05, 0.1) is 13.1 Å². The molecule has 1 saturated carbocycles. The molecule has 1 heterocycles. The average molecular weight is 238 g/mol. The monoisotopic (exact) mass is 238 g/mol. The summed E-state index contributed by atoms with van der Waals surface area (Å²) in [5.41, 5.74) is 0. The van der Waals surface area contributed by atoms with Crippen molar-refractivity contribution in [1.82, 2.24) is 10.6 Å². The van der Waals surface area contributed by atoms with Gasteiger partial charge in [-0.05, 0) is 24.3 Å². The van der Waals surface area contributed by atoms with Gasteiger partial charge in [0.25, 0.3) is 0 Å². The van der Waals surface area contributed by atoms with Crippen LogP contribution in [-0.2, 0) is 16.1 Å². The van der Waals surface area contributed by atoms with Gasteiger partial charge in [-0.25, -0.2) is 0 Å². The normalized spacial score (nSPS) is 14.5. The molecule has 1 fully saturated rings. The maximum Gasteiger partial charge on any atom is 0.239 e. The lowest BCUT2D eigenvalue weighted by molar-refractivity contribution is -0.126. The summed E-state index contributed by atoms with van der Waals surface area (Å²) in [7, 11) is 0. The van der Waals surface area contributed by atoms with E-state index in [4.69, 9.17) is 0 Å². The van der Waals surface area contributed by atoms with Gasteiger partial charge < -0.3 is 10.6 Å². The number of hydrogen-bond acceptors (Lipinski definition) is 3. The van der Waals surface area contributed by atoms with E-state index in [2.05, 4.69) is 10.6 Å². The predicted molar refractivity (Wildman–Crippen MR) is 61.9 cm³/mol. The molecule has 2 N–H and O–H groups in total. The summed E-state index contributed by atoms with van der Waals surface area (Å²) in [5, 5.41) is 7.35. The molecule has 16 heavy (non-hydrogen) atoms.